The van der Waals surface area contributed by atoms with Crippen LogP contribution in [0.3, 0.4) is 0 Å². The summed E-state index contributed by atoms with van der Waals surface area (Å²) in [5.41, 5.74) is 1.74. The van der Waals surface area contributed by atoms with Gasteiger partial charge in [-0.2, -0.15) is 4.98 Å². The third-order valence-electron chi connectivity index (χ3n) is 3.76. The highest BCUT2D eigenvalue weighted by molar-refractivity contribution is 5.57. The van der Waals surface area contributed by atoms with Gasteiger partial charge in [0.1, 0.15) is 18.1 Å². The summed E-state index contributed by atoms with van der Waals surface area (Å²) >= 11 is 0. The topological polar surface area (TPSA) is 66.0 Å². The van der Waals surface area contributed by atoms with Crippen LogP contribution in [0.15, 0.2) is 77.7 Å². The predicted octanol–water partition coefficient (Wildman–Crippen LogP) is 3.68. The van der Waals surface area contributed by atoms with E-state index in [1.54, 1.807) is 12.4 Å². The van der Waals surface area contributed by atoms with Gasteiger partial charge in [0.25, 0.3) is 5.89 Å². The zero-order valence-electron chi connectivity index (χ0n) is 13.4. The molecule has 0 spiro atoms. The van der Waals surface area contributed by atoms with E-state index in [1.807, 2.05) is 65.4 Å². The molecule has 0 radical (unpaired) electrons. The molecule has 0 bridgehead atoms. The molecule has 1 aromatic carbocycles. The summed E-state index contributed by atoms with van der Waals surface area (Å²) in [5.74, 6) is 1.89. The van der Waals surface area contributed by atoms with Crippen LogP contribution in [-0.2, 0) is 6.54 Å². The minimum absolute atomic E-state index is 0.483. The summed E-state index contributed by atoms with van der Waals surface area (Å²) in [5, 5.41) is 4.05. The van der Waals surface area contributed by atoms with Gasteiger partial charge in [0.2, 0.25) is 5.82 Å². The number of nitrogens with zero attached hydrogens (tertiary/aromatic N) is 4. The summed E-state index contributed by atoms with van der Waals surface area (Å²) < 4.78 is 13.2. The molecule has 0 aliphatic rings. The lowest BCUT2D eigenvalue weighted by Crippen LogP contribution is -2.08. The number of benzene rings is 1. The minimum atomic E-state index is 0.483. The average molecular weight is 332 g/mol. The van der Waals surface area contributed by atoms with E-state index in [4.69, 9.17) is 9.26 Å². The van der Waals surface area contributed by atoms with Crippen LogP contribution in [-0.4, -0.2) is 26.3 Å². The molecule has 0 saturated carbocycles. The van der Waals surface area contributed by atoms with Crippen molar-refractivity contribution in [1.82, 2.24) is 19.7 Å². The molecule has 4 aromatic rings. The SMILES string of the molecule is c1ccc(OCCn2cccc2-c2nc(-c3ccncc3)no2)cc1. The van der Waals surface area contributed by atoms with E-state index in [9.17, 15) is 0 Å². The van der Waals surface area contributed by atoms with E-state index in [2.05, 4.69) is 15.1 Å². The minimum Gasteiger partial charge on any atom is -0.492 e. The molecule has 6 nitrogen and oxygen atoms in total. The number of para-hydroxylation sites is 1. The first kappa shape index (κ1) is 15.1. The lowest BCUT2D eigenvalue weighted by atomic mass is 10.2. The fraction of sp³-hybridized carbons (Fsp3) is 0.105. The molecule has 0 amide bonds. The van der Waals surface area contributed by atoms with Crippen molar-refractivity contribution in [3.05, 3.63) is 73.2 Å². The third kappa shape index (κ3) is 3.42. The van der Waals surface area contributed by atoms with Crippen molar-refractivity contribution in [3.63, 3.8) is 0 Å². The Labute approximate surface area is 144 Å². The van der Waals surface area contributed by atoms with Crippen LogP contribution in [0.1, 0.15) is 0 Å². The fourth-order valence-electron chi connectivity index (χ4n) is 2.53. The Morgan fingerprint density at radius 1 is 0.960 bits per heavy atom. The summed E-state index contributed by atoms with van der Waals surface area (Å²) in [4.78, 5) is 8.48. The van der Waals surface area contributed by atoms with Crippen molar-refractivity contribution in [3.8, 4) is 28.7 Å². The second-order valence-electron chi connectivity index (χ2n) is 5.41. The maximum absolute atomic E-state index is 5.75. The van der Waals surface area contributed by atoms with Gasteiger partial charge in [-0.25, -0.2) is 0 Å². The van der Waals surface area contributed by atoms with E-state index in [0.717, 1.165) is 17.0 Å². The Kier molecular flexibility index (Phi) is 4.24. The normalized spacial score (nSPS) is 10.7. The summed E-state index contributed by atoms with van der Waals surface area (Å²) in [6.45, 7) is 1.24. The van der Waals surface area contributed by atoms with E-state index in [1.165, 1.54) is 0 Å². The van der Waals surface area contributed by atoms with Gasteiger partial charge in [-0.1, -0.05) is 23.4 Å². The van der Waals surface area contributed by atoms with Gasteiger partial charge in [-0.05, 0) is 36.4 Å². The molecule has 0 saturated heterocycles. The molecule has 0 unspecified atom stereocenters. The van der Waals surface area contributed by atoms with Crippen LogP contribution >= 0.6 is 0 Å². The van der Waals surface area contributed by atoms with Crippen LogP contribution in [0.5, 0.6) is 5.75 Å². The molecule has 25 heavy (non-hydrogen) atoms. The van der Waals surface area contributed by atoms with Crippen LogP contribution in [0.2, 0.25) is 0 Å². The van der Waals surface area contributed by atoms with Gasteiger partial charge in [0.05, 0.1) is 6.54 Å². The monoisotopic (exact) mass is 332 g/mol. The van der Waals surface area contributed by atoms with Crippen molar-refractivity contribution in [2.45, 2.75) is 6.54 Å². The van der Waals surface area contributed by atoms with Crippen LogP contribution in [0.25, 0.3) is 23.0 Å². The molecule has 0 atom stereocenters. The summed E-state index contributed by atoms with van der Waals surface area (Å²) in [7, 11) is 0. The molecule has 0 fully saturated rings. The van der Waals surface area contributed by atoms with Crippen LogP contribution < -0.4 is 4.74 Å². The third-order valence-corrected chi connectivity index (χ3v) is 3.76. The van der Waals surface area contributed by atoms with Crippen molar-refractivity contribution in [2.75, 3.05) is 6.61 Å². The van der Waals surface area contributed by atoms with Gasteiger partial charge in [-0.3, -0.25) is 4.98 Å². The number of aromatic nitrogens is 4. The highest BCUT2D eigenvalue weighted by Crippen LogP contribution is 2.22. The highest BCUT2D eigenvalue weighted by atomic mass is 16.5. The maximum atomic E-state index is 5.75. The molecule has 0 aliphatic carbocycles. The quantitative estimate of drug-likeness (QED) is 0.539. The zero-order valence-corrected chi connectivity index (χ0v) is 13.4. The Morgan fingerprint density at radius 2 is 1.80 bits per heavy atom. The van der Waals surface area contributed by atoms with E-state index < -0.39 is 0 Å². The van der Waals surface area contributed by atoms with Crippen LogP contribution in [0, 0.1) is 0 Å². The average Bonchev–Trinajstić information content (AvgIpc) is 3.32. The van der Waals surface area contributed by atoms with Gasteiger partial charge >= 0.3 is 0 Å². The first-order chi connectivity index (χ1) is 12.4. The Hall–Kier alpha value is -3.41. The van der Waals surface area contributed by atoms with Crippen molar-refractivity contribution < 1.29 is 9.26 Å². The Morgan fingerprint density at radius 3 is 2.64 bits per heavy atom. The predicted molar refractivity (Wildman–Crippen MR) is 92.9 cm³/mol. The number of ether oxygens (including phenoxy) is 1. The standard InChI is InChI=1S/C19H16N4O2/c1-2-5-16(6-3-1)24-14-13-23-12-4-7-17(23)19-21-18(22-25-19)15-8-10-20-11-9-15/h1-12H,13-14H2. The molecular weight excluding hydrogens is 316 g/mol. The van der Waals surface area contributed by atoms with Gasteiger partial charge in [0.15, 0.2) is 0 Å². The van der Waals surface area contributed by atoms with E-state index in [-0.39, 0.29) is 0 Å². The smallest absolute Gasteiger partial charge is 0.274 e. The first-order valence-corrected chi connectivity index (χ1v) is 7.97. The van der Waals surface area contributed by atoms with Gasteiger partial charge in [-0.15, -0.1) is 0 Å². The molecule has 3 heterocycles. The number of pyridine rings is 1. The summed E-state index contributed by atoms with van der Waals surface area (Å²) in [6, 6.07) is 17.4. The van der Waals surface area contributed by atoms with Gasteiger partial charge in [0, 0.05) is 24.2 Å². The highest BCUT2D eigenvalue weighted by Gasteiger charge is 2.13. The van der Waals surface area contributed by atoms with E-state index >= 15 is 0 Å². The van der Waals surface area contributed by atoms with Crippen molar-refractivity contribution in [2.24, 2.45) is 0 Å². The molecule has 3 aromatic heterocycles. The second-order valence-corrected chi connectivity index (χ2v) is 5.41. The largest absolute Gasteiger partial charge is 0.492 e. The molecule has 4 rings (SSSR count). The van der Waals surface area contributed by atoms with Crippen molar-refractivity contribution in [1.29, 1.82) is 0 Å². The van der Waals surface area contributed by atoms with Crippen LogP contribution in [0.4, 0.5) is 0 Å². The Balaban J connectivity index is 1.47. The first-order valence-electron chi connectivity index (χ1n) is 7.97. The lowest BCUT2D eigenvalue weighted by Gasteiger charge is -2.08. The fourth-order valence-corrected chi connectivity index (χ4v) is 2.53. The molecule has 124 valence electrons. The molecule has 0 aliphatic heterocycles. The number of hydrogen-bond acceptors (Lipinski definition) is 5. The van der Waals surface area contributed by atoms with Crippen molar-refractivity contribution >= 4 is 0 Å². The number of rotatable bonds is 6. The zero-order chi connectivity index (χ0) is 16.9. The lowest BCUT2D eigenvalue weighted by molar-refractivity contribution is 0.298. The molecular formula is C19H16N4O2. The second kappa shape index (κ2) is 7.00. The Bertz CT molecular complexity index is 932. The van der Waals surface area contributed by atoms with Gasteiger partial charge < -0.3 is 13.8 Å². The maximum Gasteiger partial charge on any atom is 0.274 e. The molecule has 6 heteroatoms. The molecule has 0 N–H and O–H groups in total. The number of hydrogen-bond donors (Lipinski definition) is 0. The van der Waals surface area contributed by atoms with E-state index in [0.29, 0.717) is 24.9 Å². The summed E-state index contributed by atoms with van der Waals surface area (Å²) in [6.07, 6.45) is 5.38.